The van der Waals surface area contributed by atoms with Gasteiger partial charge in [-0.1, -0.05) is 25.5 Å². The Balaban J connectivity index is 1.76. The minimum atomic E-state index is -0.769. The fourth-order valence-electron chi connectivity index (χ4n) is 4.06. The van der Waals surface area contributed by atoms with E-state index in [4.69, 9.17) is 4.74 Å². The number of aryl methyl sites for hydroxylation is 1. The van der Waals surface area contributed by atoms with Crippen LogP contribution >= 0.6 is 0 Å². The quantitative estimate of drug-likeness (QED) is 0.230. The normalized spacial score (nSPS) is 17.2. The highest BCUT2D eigenvalue weighted by Gasteiger charge is 2.46. The fraction of sp³-hybridized carbons (Fsp3) is 0.259. The third-order valence-electron chi connectivity index (χ3n) is 5.82. The predicted octanol–water partition coefficient (Wildman–Crippen LogP) is 4.59. The lowest BCUT2D eigenvalue weighted by atomic mass is 9.95. The molecule has 1 aliphatic heterocycles. The standard InChI is InChI=1S/C27H27N3O4/c1-3-4-13-34-22-10-9-20(14-18(22)2)25(31)23-24(21-8-6-12-29-16-21)30(27(33)26(23)32)17-19-7-5-11-28-15-19/h5-12,14-16,24,31H,3-4,13,17H2,1-2H3/t24-/m1/s1. The van der Waals surface area contributed by atoms with E-state index in [1.807, 2.05) is 13.0 Å². The number of ether oxygens (including phenoxy) is 1. The van der Waals surface area contributed by atoms with Gasteiger partial charge in [-0.15, -0.1) is 0 Å². The summed E-state index contributed by atoms with van der Waals surface area (Å²) in [7, 11) is 0. The van der Waals surface area contributed by atoms with Gasteiger partial charge in [0.05, 0.1) is 18.2 Å². The molecule has 0 unspecified atom stereocenters. The molecule has 0 radical (unpaired) electrons. The van der Waals surface area contributed by atoms with E-state index in [2.05, 4.69) is 16.9 Å². The van der Waals surface area contributed by atoms with E-state index < -0.39 is 17.7 Å². The largest absolute Gasteiger partial charge is 0.507 e. The van der Waals surface area contributed by atoms with E-state index >= 15 is 0 Å². The molecular weight excluding hydrogens is 430 g/mol. The molecule has 0 spiro atoms. The number of unbranched alkanes of at least 4 members (excludes halogenated alkanes) is 1. The van der Waals surface area contributed by atoms with E-state index in [0.29, 0.717) is 17.7 Å². The number of rotatable bonds is 8. The lowest BCUT2D eigenvalue weighted by Crippen LogP contribution is -2.29. The van der Waals surface area contributed by atoms with Crippen molar-refractivity contribution in [2.24, 2.45) is 0 Å². The van der Waals surface area contributed by atoms with Crippen LogP contribution in [0.4, 0.5) is 0 Å². The molecule has 34 heavy (non-hydrogen) atoms. The van der Waals surface area contributed by atoms with Gasteiger partial charge in [0.15, 0.2) is 0 Å². The van der Waals surface area contributed by atoms with Gasteiger partial charge in [0.1, 0.15) is 11.5 Å². The van der Waals surface area contributed by atoms with Crippen molar-refractivity contribution in [2.75, 3.05) is 6.61 Å². The minimum Gasteiger partial charge on any atom is -0.507 e. The summed E-state index contributed by atoms with van der Waals surface area (Å²) in [5, 5.41) is 11.3. The Morgan fingerprint density at radius 2 is 1.85 bits per heavy atom. The summed E-state index contributed by atoms with van der Waals surface area (Å²) in [6, 6.07) is 11.6. The average Bonchev–Trinajstić information content (AvgIpc) is 3.11. The van der Waals surface area contributed by atoms with Crippen molar-refractivity contribution >= 4 is 17.4 Å². The maximum atomic E-state index is 13.2. The van der Waals surface area contributed by atoms with Crippen molar-refractivity contribution in [3.8, 4) is 5.75 Å². The second-order valence-corrected chi connectivity index (χ2v) is 8.26. The Hall–Kier alpha value is -4.00. The van der Waals surface area contributed by atoms with E-state index in [9.17, 15) is 14.7 Å². The molecule has 4 rings (SSSR count). The lowest BCUT2D eigenvalue weighted by Gasteiger charge is -2.25. The summed E-state index contributed by atoms with van der Waals surface area (Å²) in [5.41, 5.74) is 2.75. The summed E-state index contributed by atoms with van der Waals surface area (Å²) >= 11 is 0. The van der Waals surface area contributed by atoms with Gasteiger partial charge < -0.3 is 14.7 Å². The first-order valence-corrected chi connectivity index (χ1v) is 11.3. The first-order valence-electron chi connectivity index (χ1n) is 11.3. The third kappa shape index (κ3) is 4.69. The molecule has 1 aliphatic rings. The maximum absolute atomic E-state index is 13.2. The number of pyridine rings is 2. The van der Waals surface area contributed by atoms with Gasteiger partial charge in [-0.2, -0.15) is 0 Å². The molecule has 7 heteroatoms. The number of hydrogen-bond acceptors (Lipinski definition) is 6. The first-order chi connectivity index (χ1) is 16.5. The van der Waals surface area contributed by atoms with E-state index in [1.165, 1.54) is 4.90 Å². The second kappa shape index (κ2) is 10.3. The van der Waals surface area contributed by atoms with E-state index in [-0.39, 0.29) is 17.9 Å². The number of Topliss-reactive ketones (excluding diaryl/α,β-unsaturated/α-hetero) is 1. The number of carbonyl (C=O) groups is 2. The smallest absolute Gasteiger partial charge is 0.295 e. The Kier molecular flexibility index (Phi) is 7.01. The molecule has 1 N–H and O–H groups in total. The molecule has 2 aromatic heterocycles. The molecular formula is C27H27N3O4. The summed E-state index contributed by atoms with van der Waals surface area (Å²) in [6.45, 7) is 4.78. The third-order valence-corrected chi connectivity index (χ3v) is 5.82. The van der Waals surface area contributed by atoms with Crippen LogP contribution in [-0.4, -0.2) is 38.3 Å². The van der Waals surface area contributed by atoms with Gasteiger partial charge >= 0.3 is 0 Å². The van der Waals surface area contributed by atoms with Crippen molar-refractivity contribution < 1.29 is 19.4 Å². The Labute approximate surface area is 198 Å². The zero-order valence-corrected chi connectivity index (χ0v) is 19.3. The van der Waals surface area contributed by atoms with Crippen LogP contribution in [0.3, 0.4) is 0 Å². The van der Waals surface area contributed by atoms with Gasteiger partial charge in [-0.25, -0.2) is 0 Å². The van der Waals surface area contributed by atoms with Gasteiger partial charge in [0, 0.05) is 36.9 Å². The Morgan fingerprint density at radius 1 is 1.09 bits per heavy atom. The van der Waals surface area contributed by atoms with Crippen LogP contribution in [0.15, 0.2) is 72.8 Å². The molecule has 174 valence electrons. The van der Waals surface area contributed by atoms with Crippen LogP contribution < -0.4 is 4.74 Å². The molecule has 1 fully saturated rings. The topological polar surface area (TPSA) is 92.6 Å². The van der Waals surface area contributed by atoms with Crippen LogP contribution in [0, 0.1) is 6.92 Å². The van der Waals surface area contributed by atoms with Crippen molar-refractivity contribution in [2.45, 2.75) is 39.3 Å². The Morgan fingerprint density at radius 3 is 2.50 bits per heavy atom. The molecule has 0 saturated carbocycles. The van der Waals surface area contributed by atoms with Gasteiger partial charge in [0.2, 0.25) is 0 Å². The van der Waals surface area contributed by atoms with Crippen molar-refractivity contribution in [3.63, 3.8) is 0 Å². The van der Waals surface area contributed by atoms with Gasteiger partial charge in [-0.3, -0.25) is 19.6 Å². The second-order valence-electron chi connectivity index (χ2n) is 8.26. The van der Waals surface area contributed by atoms with Crippen LogP contribution in [0.5, 0.6) is 5.75 Å². The summed E-state index contributed by atoms with van der Waals surface area (Å²) in [5.74, 6) is -0.887. The molecule has 1 atom stereocenters. The van der Waals surface area contributed by atoms with Crippen molar-refractivity contribution in [1.82, 2.24) is 14.9 Å². The van der Waals surface area contributed by atoms with Crippen molar-refractivity contribution in [1.29, 1.82) is 0 Å². The molecule has 1 amide bonds. The highest BCUT2D eigenvalue weighted by molar-refractivity contribution is 6.46. The number of aromatic nitrogens is 2. The van der Waals surface area contributed by atoms with Crippen LogP contribution in [0.2, 0.25) is 0 Å². The first kappa shape index (κ1) is 23.2. The lowest BCUT2D eigenvalue weighted by molar-refractivity contribution is -0.140. The number of ketones is 1. The molecule has 7 nitrogen and oxygen atoms in total. The molecule has 1 aromatic carbocycles. The monoisotopic (exact) mass is 457 g/mol. The zero-order chi connectivity index (χ0) is 24.1. The summed E-state index contributed by atoms with van der Waals surface area (Å²) in [6.07, 6.45) is 8.51. The molecule has 0 bridgehead atoms. The number of hydrogen-bond donors (Lipinski definition) is 1. The molecule has 1 saturated heterocycles. The summed E-state index contributed by atoms with van der Waals surface area (Å²) in [4.78, 5) is 36.0. The van der Waals surface area contributed by atoms with Gasteiger partial charge in [0.25, 0.3) is 11.7 Å². The van der Waals surface area contributed by atoms with Crippen molar-refractivity contribution in [3.05, 3.63) is 95.1 Å². The van der Waals surface area contributed by atoms with Crippen LogP contribution in [0.25, 0.3) is 5.76 Å². The van der Waals surface area contributed by atoms with Gasteiger partial charge in [-0.05, 0) is 60.4 Å². The number of amides is 1. The number of nitrogens with zero attached hydrogens (tertiary/aromatic N) is 3. The highest BCUT2D eigenvalue weighted by atomic mass is 16.5. The minimum absolute atomic E-state index is 0.0425. The number of aliphatic hydroxyl groups is 1. The maximum Gasteiger partial charge on any atom is 0.295 e. The fourth-order valence-corrected chi connectivity index (χ4v) is 4.06. The SMILES string of the molecule is CCCCOc1ccc(C(O)=C2C(=O)C(=O)N(Cc3cccnc3)[C@@H]2c2cccnc2)cc1C. The summed E-state index contributed by atoms with van der Waals surface area (Å²) < 4.78 is 5.81. The van der Waals surface area contributed by atoms with Crippen LogP contribution in [0.1, 0.15) is 48.1 Å². The number of carbonyl (C=O) groups excluding carboxylic acids is 2. The average molecular weight is 458 g/mol. The number of aliphatic hydroxyl groups excluding tert-OH is 1. The molecule has 0 aliphatic carbocycles. The molecule has 3 aromatic rings. The zero-order valence-electron chi connectivity index (χ0n) is 19.3. The number of benzene rings is 1. The van der Waals surface area contributed by atoms with E-state index in [1.54, 1.807) is 61.2 Å². The Bertz CT molecular complexity index is 1210. The highest BCUT2D eigenvalue weighted by Crippen LogP contribution is 2.40. The molecule has 3 heterocycles. The van der Waals surface area contributed by atoms with Crippen LogP contribution in [-0.2, 0) is 16.1 Å². The number of likely N-dealkylation sites (tertiary alicyclic amines) is 1. The predicted molar refractivity (Wildman–Crippen MR) is 128 cm³/mol. The van der Waals surface area contributed by atoms with E-state index in [0.717, 1.165) is 29.7 Å².